The normalized spacial score (nSPS) is 13.5. The highest BCUT2D eigenvalue weighted by atomic mass is 79.9. The monoisotopic (exact) mass is 347 g/mol. The van der Waals surface area contributed by atoms with Gasteiger partial charge in [0.15, 0.2) is 0 Å². The van der Waals surface area contributed by atoms with Crippen LogP contribution >= 0.6 is 15.9 Å². The predicted octanol–water partition coefficient (Wildman–Crippen LogP) is 5.80. The Bertz CT molecular complexity index is 585. The van der Waals surface area contributed by atoms with Crippen molar-refractivity contribution in [3.05, 3.63) is 58.6 Å². The van der Waals surface area contributed by atoms with E-state index in [0.717, 1.165) is 22.3 Å². The molecule has 0 amide bonds. The molecule has 0 aliphatic carbocycles. The minimum Gasteiger partial charge on any atom is -0.491 e. The highest BCUT2D eigenvalue weighted by Gasteiger charge is 2.07. The minimum atomic E-state index is 0.237. The third kappa shape index (κ3) is 4.78. The van der Waals surface area contributed by atoms with Crippen molar-refractivity contribution in [1.29, 1.82) is 0 Å². The van der Waals surface area contributed by atoms with Crippen LogP contribution in [0.2, 0.25) is 0 Å². The fraction of sp³-hybridized carbons (Fsp3) is 0.333. The Morgan fingerprint density at radius 3 is 2.57 bits per heavy atom. The maximum atomic E-state index is 5.86. The van der Waals surface area contributed by atoms with Gasteiger partial charge in [-0.1, -0.05) is 41.1 Å². The molecule has 2 unspecified atom stereocenters. The molecule has 2 rings (SSSR count). The number of nitrogens with one attached hydrogen (secondary N) is 1. The van der Waals surface area contributed by atoms with E-state index in [1.54, 1.807) is 0 Å². The topological polar surface area (TPSA) is 21.3 Å². The van der Waals surface area contributed by atoms with Gasteiger partial charge >= 0.3 is 0 Å². The molecule has 0 saturated carbocycles. The zero-order valence-corrected chi connectivity index (χ0v) is 14.4. The fourth-order valence-electron chi connectivity index (χ4n) is 2.08. The largest absolute Gasteiger partial charge is 0.491 e. The molecule has 0 fully saturated rings. The van der Waals surface area contributed by atoms with Gasteiger partial charge in [-0.2, -0.15) is 0 Å². The molecule has 0 bridgehead atoms. The van der Waals surface area contributed by atoms with E-state index in [9.17, 15) is 0 Å². The van der Waals surface area contributed by atoms with Crippen LogP contribution in [-0.4, -0.2) is 6.10 Å². The average Bonchev–Trinajstić information content (AvgIpc) is 2.47. The van der Waals surface area contributed by atoms with Crippen LogP contribution in [0.15, 0.2) is 53.0 Å². The van der Waals surface area contributed by atoms with Gasteiger partial charge < -0.3 is 10.1 Å². The lowest BCUT2D eigenvalue weighted by Crippen LogP contribution is -2.10. The zero-order chi connectivity index (χ0) is 15.2. The van der Waals surface area contributed by atoms with E-state index in [-0.39, 0.29) is 12.1 Å². The quantitative estimate of drug-likeness (QED) is 0.712. The van der Waals surface area contributed by atoms with Crippen LogP contribution in [0.1, 0.15) is 38.8 Å². The zero-order valence-electron chi connectivity index (χ0n) is 12.8. The number of ether oxygens (including phenoxy) is 1. The van der Waals surface area contributed by atoms with Crippen LogP contribution in [-0.2, 0) is 0 Å². The van der Waals surface area contributed by atoms with Crippen LogP contribution in [0, 0.1) is 0 Å². The summed E-state index contributed by atoms with van der Waals surface area (Å²) >= 11 is 3.51. The first kappa shape index (κ1) is 15.9. The van der Waals surface area contributed by atoms with Gasteiger partial charge in [0, 0.05) is 22.3 Å². The molecular formula is C18H22BrNO. The van der Waals surface area contributed by atoms with Crippen molar-refractivity contribution in [2.24, 2.45) is 0 Å². The summed E-state index contributed by atoms with van der Waals surface area (Å²) in [5.41, 5.74) is 2.32. The lowest BCUT2D eigenvalue weighted by Gasteiger charge is -2.18. The van der Waals surface area contributed by atoms with Gasteiger partial charge in [-0.25, -0.2) is 0 Å². The number of halogens is 1. The second kappa shape index (κ2) is 7.51. The van der Waals surface area contributed by atoms with E-state index in [0.29, 0.717) is 0 Å². The van der Waals surface area contributed by atoms with Crippen LogP contribution in [0.4, 0.5) is 5.69 Å². The summed E-state index contributed by atoms with van der Waals surface area (Å²) in [6.45, 7) is 6.37. The van der Waals surface area contributed by atoms with Crippen molar-refractivity contribution < 1.29 is 4.74 Å². The molecule has 112 valence electrons. The van der Waals surface area contributed by atoms with Crippen LogP contribution in [0.5, 0.6) is 5.75 Å². The van der Waals surface area contributed by atoms with Gasteiger partial charge in [0.1, 0.15) is 5.75 Å². The summed E-state index contributed by atoms with van der Waals surface area (Å²) in [5, 5.41) is 3.52. The van der Waals surface area contributed by atoms with E-state index in [2.05, 4.69) is 72.3 Å². The van der Waals surface area contributed by atoms with Crippen molar-refractivity contribution in [3.63, 3.8) is 0 Å². The fourth-order valence-corrected chi connectivity index (χ4v) is 2.50. The molecule has 21 heavy (non-hydrogen) atoms. The Kier molecular flexibility index (Phi) is 5.68. The molecule has 1 N–H and O–H groups in total. The number of hydrogen-bond donors (Lipinski definition) is 1. The third-order valence-electron chi connectivity index (χ3n) is 3.48. The molecule has 0 saturated heterocycles. The van der Waals surface area contributed by atoms with Gasteiger partial charge in [-0.05, 0) is 50.1 Å². The maximum absolute atomic E-state index is 5.86. The molecule has 0 spiro atoms. The molecule has 0 aromatic heterocycles. The van der Waals surface area contributed by atoms with Crippen molar-refractivity contribution in [2.75, 3.05) is 5.32 Å². The molecule has 0 radical (unpaired) electrons. The van der Waals surface area contributed by atoms with Crippen molar-refractivity contribution >= 4 is 21.6 Å². The Labute approximate surface area is 135 Å². The van der Waals surface area contributed by atoms with Gasteiger partial charge in [-0.15, -0.1) is 0 Å². The SMILES string of the molecule is CCC(C)Oc1cccc(NC(C)c2cccc(Br)c2)c1. The second-order valence-corrected chi connectivity index (χ2v) is 6.20. The molecular weight excluding hydrogens is 326 g/mol. The van der Waals surface area contributed by atoms with Gasteiger partial charge in [0.25, 0.3) is 0 Å². The average molecular weight is 348 g/mol. The summed E-state index contributed by atoms with van der Waals surface area (Å²) in [5.74, 6) is 0.913. The molecule has 2 nitrogen and oxygen atoms in total. The van der Waals surface area contributed by atoms with E-state index in [4.69, 9.17) is 4.74 Å². The highest BCUT2D eigenvalue weighted by Crippen LogP contribution is 2.25. The number of anilines is 1. The van der Waals surface area contributed by atoms with E-state index >= 15 is 0 Å². The van der Waals surface area contributed by atoms with Crippen LogP contribution in [0.25, 0.3) is 0 Å². The molecule has 0 heterocycles. The first-order valence-electron chi connectivity index (χ1n) is 7.37. The van der Waals surface area contributed by atoms with Crippen molar-refractivity contribution in [1.82, 2.24) is 0 Å². The molecule has 2 aromatic carbocycles. The lowest BCUT2D eigenvalue weighted by molar-refractivity contribution is 0.217. The van der Waals surface area contributed by atoms with Gasteiger partial charge in [0.2, 0.25) is 0 Å². The predicted molar refractivity (Wildman–Crippen MR) is 93.0 cm³/mol. The van der Waals surface area contributed by atoms with Gasteiger partial charge in [-0.3, -0.25) is 0 Å². The Hall–Kier alpha value is -1.48. The smallest absolute Gasteiger partial charge is 0.121 e. The number of benzene rings is 2. The molecule has 0 aliphatic heterocycles. The minimum absolute atomic E-state index is 0.237. The van der Waals surface area contributed by atoms with E-state index in [1.807, 2.05) is 18.2 Å². The Morgan fingerprint density at radius 1 is 1.10 bits per heavy atom. The van der Waals surface area contributed by atoms with E-state index < -0.39 is 0 Å². The summed E-state index contributed by atoms with van der Waals surface area (Å²) < 4.78 is 6.96. The number of hydrogen-bond acceptors (Lipinski definition) is 2. The van der Waals surface area contributed by atoms with Gasteiger partial charge in [0.05, 0.1) is 6.10 Å². The summed E-state index contributed by atoms with van der Waals surface area (Å²) in [6.07, 6.45) is 1.24. The third-order valence-corrected chi connectivity index (χ3v) is 3.97. The van der Waals surface area contributed by atoms with Crippen LogP contribution < -0.4 is 10.1 Å². The maximum Gasteiger partial charge on any atom is 0.121 e. The molecule has 2 aromatic rings. The molecule has 3 heteroatoms. The summed E-state index contributed by atoms with van der Waals surface area (Å²) in [7, 11) is 0. The standard InChI is InChI=1S/C18H22BrNO/c1-4-13(2)21-18-10-6-9-17(12-18)20-14(3)15-7-5-8-16(19)11-15/h5-14,20H,4H2,1-3H3. The summed E-state index contributed by atoms with van der Waals surface area (Å²) in [4.78, 5) is 0. The highest BCUT2D eigenvalue weighted by molar-refractivity contribution is 9.10. The Morgan fingerprint density at radius 2 is 1.86 bits per heavy atom. The van der Waals surface area contributed by atoms with Crippen molar-refractivity contribution in [2.45, 2.75) is 39.3 Å². The van der Waals surface area contributed by atoms with E-state index in [1.165, 1.54) is 5.56 Å². The second-order valence-electron chi connectivity index (χ2n) is 5.29. The Balaban J connectivity index is 2.07. The van der Waals surface area contributed by atoms with Crippen molar-refractivity contribution in [3.8, 4) is 5.75 Å². The summed E-state index contributed by atoms with van der Waals surface area (Å²) in [6, 6.07) is 16.7. The molecule has 2 atom stereocenters. The first-order chi connectivity index (χ1) is 10.1. The first-order valence-corrected chi connectivity index (χ1v) is 8.16. The van der Waals surface area contributed by atoms with Crippen LogP contribution in [0.3, 0.4) is 0 Å². The number of rotatable bonds is 6. The molecule has 0 aliphatic rings. The lowest BCUT2D eigenvalue weighted by atomic mass is 10.1.